The van der Waals surface area contributed by atoms with Gasteiger partial charge in [0.05, 0.1) is 6.61 Å². The lowest BCUT2D eigenvalue weighted by atomic mass is 9.96. The fraction of sp³-hybridized carbons (Fsp3) is 0.833. The first-order valence-corrected chi connectivity index (χ1v) is 6.10. The molecule has 0 radical (unpaired) electrons. The molecule has 1 unspecified atom stereocenters. The summed E-state index contributed by atoms with van der Waals surface area (Å²) >= 11 is 0. The first-order chi connectivity index (χ1) is 8.27. The molecule has 1 aliphatic rings. The number of rotatable bonds is 2. The zero-order valence-electron chi connectivity index (χ0n) is 11.4. The van der Waals surface area contributed by atoms with E-state index in [1.54, 1.807) is 20.8 Å². The summed E-state index contributed by atoms with van der Waals surface area (Å²) in [5.41, 5.74) is -1.80. The molecule has 1 saturated heterocycles. The molecule has 1 heterocycles. The van der Waals surface area contributed by atoms with Crippen LogP contribution in [0.4, 0.5) is 4.79 Å². The molecular weight excluding hydrogens is 236 g/mol. The minimum absolute atomic E-state index is 0.353. The zero-order valence-corrected chi connectivity index (χ0v) is 11.4. The van der Waals surface area contributed by atoms with Crippen molar-refractivity contribution in [2.45, 2.75) is 44.8 Å². The molecule has 2 N–H and O–H groups in total. The van der Waals surface area contributed by atoms with Gasteiger partial charge in [0, 0.05) is 13.6 Å². The van der Waals surface area contributed by atoms with Gasteiger partial charge in [0.25, 0.3) is 0 Å². The van der Waals surface area contributed by atoms with E-state index in [9.17, 15) is 14.7 Å². The van der Waals surface area contributed by atoms with E-state index in [2.05, 4.69) is 5.32 Å². The van der Waals surface area contributed by atoms with Crippen LogP contribution in [0, 0.1) is 0 Å². The van der Waals surface area contributed by atoms with E-state index in [0.717, 1.165) is 0 Å². The number of aliphatic hydroxyl groups excluding tert-OH is 1. The maximum absolute atomic E-state index is 12.1. The smallest absolute Gasteiger partial charge is 0.411 e. The van der Waals surface area contributed by atoms with Gasteiger partial charge in [-0.05, 0) is 33.6 Å². The molecule has 1 atom stereocenters. The van der Waals surface area contributed by atoms with Crippen LogP contribution in [-0.2, 0) is 9.53 Å². The van der Waals surface area contributed by atoms with Crippen LogP contribution in [-0.4, -0.2) is 53.3 Å². The molecular formula is C12H22N2O4. The lowest BCUT2D eigenvalue weighted by Crippen LogP contribution is -2.59. The first kappa shape index (κ1) is 14.8. The Bertz CT molecular complexity index is 337. The van der Waals surface area contributed by atoms with Crippen molar-refractivity contribution in [2.75, 3.05) is 20.2 Å². The standard InChI is InChI=1S/C12H22N2O4/c1-11(2,3)18-10(17)14-7-5-6-12(14,8-15)9(16)13-4/h15H,5-8H2,1-4H3,(H,13,16). The number of nitrogens with zero attached hydrogens (tertiary/aromatic N) is 1. The Morgan fingerprint density at radius 2 is 2.06 bits per heavy atom. The third-order valence-electron chi connectivity index (χ3n) is 3.01. The molecule has 6 heteroatoms. The summed E-state index contributed by atoms with van der Waals surface area (Å²) < 4.78 is 5.27. The second-order valence-corrected chi connectivity index (χ2v) is 5.50. The van der Waals surface area contributed by atoms with Crippen LogP contribution in [0.15, 0.2) is 0 Å². The van der Waals surface area contributed by atoms with Gasteiger partial charge in [0.1, 0.15) is 11.1 Å². The molecule has 0 bridgehead atoms. The number of amides is 2. The molecule has 6 nitrogen and oxygen atoms in total. The Labute approximate surface area is 107 Å². The summed E-state index contributed by atoms with van der Waals surface area (Å²) in [5, 5.41) is 12.0. The molecule has 18 heavy (non-hydrogen) atoms. The number of carbonyl (C=O) groups is 2. The highest BCUT2D eigenvalue weighted by Crippen LogP contribution is 2.30. The SMILES string of the molecule is CNC(=O)C1(CO)CCCN1C(=O)OC(C)(C)C. The van der Waals surface area contributed by atoms with Crippen LogP contribution in [0.2, 0.25) is 0 Å². The normalized spacial score (nSPS) is 23.9. The Morgan fingerprint density at radius 1 is 1.44 bits per heavy atom. The van der Waals surface area contributed by atoms with E-state index in [-0.39, 0.29) is 5.91 Å². The van der Waals surface area contributed by atoms with Gasteiger partial charge in [-0.3, -0.25) is 9.69 Å². The van der Waals surface area contributed by atoms with E-state index < -0.39 is 23.8 Å². The van der Waals surface area contributed by atoms with Crippen molar-refractivity contribution in [3.63, 3.8) is 0 Å². The van der Waals surface area contributed by atoms with E-state index >= 15 is 0 Å². The quantitative estimate of drug-likeness (QED) is 0.755. The number of nitrogens with one attached hydrogen (secondary N) is 1. The lowest BCUT2D eigenvalue weighted by molar-refractivity contribution is -0.133. The van der Waals surface area contributed by atoms with Crippen LogP contribution in [0.5, 0.6) is 0 Å². The van der Waals surface area contributed by atoms with Gasteiger partial charge in [0.15, 0.2) is 0 Å². The predicted octanol–water partition coefficient (Wildman–Crippen LogP) is 0.494. The van der Waals surface area contributed by atoms with Crippen LogP contribution in [0.25, 0.3) is 0 Å². The van der Waals surface area contributed by atoms with E-state index in [4.69, 9.17) is 4.74 Å². The summed E-state index contributed by atoms with van der Waals surface area (Å²) in [7, 11) is 1.49. The number of likely N-dealkylation sites (tertiary alicyclic amines) is 1. The lowest BCUT2D eigenvalue weighted by Gasteiger charge is -2.36. The molecule has 1 aliphatic heterocycles. The second kappa shape index (κ2) is 5.14. The summed E-state index contributed by atoms with van der Waals surface area (Å²) in [4.78, 5) is 25.3. The van der Waals surface area contributed by atoms with Gasteiger partial charge < -0.3 is 15.2 Å². The van der Waals surface area contributed by atoms with E-state index in [1.807, 2.05) is 0 Å². The Balaban J connectivity index is 2.93. The van der Waals surface area contributed by atoms with Crippen molar-refractivity contribution in [1.82, 2.24) is 10.2 Å². The van der Waals surface area contributed by atoms with Crippen molar-refractivity contribution in [1.29, 1.82) is 0 Å². The van der Waals surface area contributed by atoms with Crippen molar-refractivity contribution in [3.8, 4) is 0 Å². The number of ether oxygens (including phenoxy) is 1. The van der Waals surface area contributed by atoms with E-state index in [1.165, 1.54) is 11.9 Å². The average Bonchev–Trinajstić information content (AvgIpc) is 2.70. The average molecular weight is 258 g/mol. The minimum atomic E-state index is -1.18. The monoisotopic (exact) mass is 258 g/mol. The third kappa shape index (κ3) is 2.75. The fourth-order valence-electron chi connectivity index (χ4n) is 2.17. The Hall–Kier alpha value is -1.30. The number of likely N-dealkylation sites (N-methyl/N-ethyl adjacent to an activating group) is 1. The second-order valence-electron chi connectivity index (χ2n) is 5.50. The largest absolute Gasteiger partial charge is 0.444 e. The topological polar surface area (TPSA) is 78.9 Å². The molecule has 0 spiro atoms. The van der Waals surface area contributed by atoms with Crippen molar-refractivity contribution in [3.05, 3.63) is 0 Å². The highest BCUT2D eigenvalue weighted by molar-refractivity contribution is 5.90. The maximum Gasteiger partial charge on any atom is 0.411 e. The molecule has 0 aliphatic carbocycles. The van der Waals surface area contributed by atoms with Crippen LogP contribution in [0.1, 0.15) is 33.6 Å². The van der Waals surface area contributed by atoms with E-state index in [0.29, 0.717) is 19.4 Å². The molecule has 0 aromatic rings. The number of aliphatic hydroxyl groups is 1. The van der Waals surface area contributed by atoms with Crippen molar-refractivity contribution >= 4 is 12.0 Å². The Kier molecular flexibility index (Phi) is 4.21. The van der Waals surface area contributed by atoms with Gasteiger partial charge in [-0.1, -0.05) is 0 Å². The summed E-state index contributed by atoms with van der Waals surface area (Å²) in [5.74, 6) is -0.353. The van der Waals surface area contributed by atoms with Crippen LogP contribution in [0.3, 0.4) is 0 Å². The van der Waals surface area contributed by atoms with Gasteiger partial charge in [-0.15, -0.1) is 0 Å². The minimum Gasteiger partial charge on any atom is -0.444 e. The maximum atomic E-state index is 12.1. The zero-order chi connectivity index (χ0) is 14.0. The van der Waals surface area contributed by atoms with Gasteiger partial charge >= 0.3 is 6.09 Å². The van der Waals surface area contributed by atoms with Crippen molar-refractivity contribution in [2.24, 2.45) is 0 Å². The molecule has 0 aromatic heterocycles. The van der Waals surface area contributed by atoms with Gasteiger partial charge in [-0.25, -0.2) is 4.79 Å². The first-order valence-electron chi connectivity index (χ1n) is 6.10. The Morgan fingerprint density at radius 3 is 2.50 bits per heavy atom. The third-order valence-corrected chi connectivity index (χ3v) is 3.01. The predicted molar refractivity (Wildman–Crippen MR) is 66.1 cm³/mol. The van der Waals surface area contributed by atoms with Gasteiger partial charge in [-0.2, -0.15) is 0 Å². The molecule has 0 saturated carbocycles. The van der Waals surface area contributed by atoms with Crippen LogP contribution < -0.4 is 5.32 Å². The highest BCUT2D eigenvalue weighted by Gasteiger charge is 2.50. The number of hydrogen-bond donors (Lipinski definition) is 2. The summed E-state index contributed by atoms with van der Waals surface area (Å²) in [6.45, 7) is 5.32. The molecule has 1 rings (SSSR count). The molecule has 104 valence electrons. The van der Waals surface area contributed by atoms with Crippen molar-refractivity contribution < 1.29 is 19.4 Å². The summed E-state index contributed by atoms with van der Waals surface area (Å²) in [6, 6.07) is 0. The molecule has 1 fully saturated rings. The molecule has 2 amide bonds. The van der Waals surface area contributed by atoms with Crippen LogP contribution >= 0.6 is 0 Å². The molecule has 0 aromatic carbocycles. The number of hydrogen-bond acceptors (Lipinski definition) is 4. The fourth-order valence-corrected chi connectivity index (χ4v) is 2.17. The highest BCUT2D eigenvalue weighted by atomic mass is 16.6. The van der Waals surface area contributed by atoms with Gasteiger partial charge in [0.2, 0.25) is 5.91 Å². The summed E-state index contributed by atoms with van der Waals surface area (Å²) in [6.07, 6.45) is 0.563. The number of carbonyl (C=O) groups excluding carboxylic acids is 2.